The molecule has 0 aliphatic carbocycles. The molecule has 0 aliphatic rings. The largest absolute Gasteiger partial charge is 1.00 e. The number of ether oxygens (including phenoxy) is 1. The predicted molar refractivity (Wildman–Crippen MR) is 110 cm³/mol. The third kappa shape index (κ3) is 6.13. The van der Waals surface area contributed by atoms with E-state index in [0.717, 1.165) is 9.13 Å². The first kappa shape index (κ1) is 22.7. The number of nitrogens with two attached hydrogens (primary N) is 1. The van der Waals surface area contributed by atoms with Crippen molar-refractivity contribution in [1.82, 2.24) is 0 Å². The molecule has 0 amide bonds. The summed E-state index contributed by atoms with van der Waals surface area (Å²) in [7, 11) is 0. The van der Waals surface area contributed by atoms with Crippen molar-refractivity contribution < 1.29 is 49.3 Å². The van der Waals surface area contributed by atoms with Gasteiger partial charge in [0.2, 0.25) is 0 Å². The smallest absolute Gasteiger partial charge is 0.872 e. The second kappa shape index (κ2) is 9.55. The van der Waals surface area contributed by atoms with Crippen molar-refractivity contribution in [3.8, 4) is 17.2 Å². The molecule has 2 aromatic carbocycles. The van der Waals surface area contributed by atoms with Crippen LogP contribution < -0.4 is 45.1 Å². The van der Waals surface area contributed by atoms with Crippen molar-refractivity contribution >= 4 is 73.7 Å². The van der Waals surface area contributed by atoms with Crippen molar-refractivity contribution in [1.29, 1.82) is 0 Å². The zero-order chi connectivity index (χ0) is 17.2. The molecule has 0 fully saturated rings. The van der Waals surface area contributed by atoms with Gasteiger partial charge in [0.1, 0.15) is 11.5 Å². The van der Waals surface area contributed by atoms with Crippen LogP contribution in [0.1, 0.15) is 5.56 Å². The van der Waals surface area contributed by atoms with Crippen LogP contribution in [-0.4, -0.2) is 14.6 Å². The molecule has 122 valence electrons. The first-order valence-electron chi connectivity index (χ1n) is 6.33. The summed E-state index contributed by atoms with van der Waals surface area (Å²) in [6.07, 6.45) is 0.212. The summed E-state index contributed by atoms with van der Waals surface area (Å²) < 4.78 is 5.76. The summed E-state index contributed by atoms with van der Waals surface area (Å²) >= 11 is 5.74. The number of alkyl halides is 1. The van der Waals surface area contributed by atoms with E-state index in [-0.39, 0.29) is 41.7 Å². The number of halogens is 3. The van der Waals surface area contributed by atoms with Crippen LogP contribution in [0.4, 0.5) is 0 Å². The Bertz CT molecular complexity index is 738. The molecule has 24 heavy (non-hydrogen) atoms. The van der Waals surface area contributed by atoms with Crippen molar-refractivity contribution in [2.45, 2.75) is 9.97 Å². The zero-order valence-electron chi connectivity index (χ0n) is 12.6. The molecule has 2 aromatic rings. The van der Waals surface area contributed by atoms with Crippen LogP contribution in [0, 0.1) is 7.14 Å². The second-order valence-electron chi connectivity index (χ2n) is 4.80. The fourth-order valence-electron chi connectivity index (χ4n) is 1.76. The van der Waals surface area contributed by atoms with E-state index in [4.69, 9.17) is 15.6 Å². The van der Waals surface area contributed by atoms with Gasteiger partial charge in [0, 0.05) is 9.99 Å². The standard InChI is InChI=1S/C15H12I3NO4.Na/c16-10-6-13(11(17)5-12(10)20)23-9-3-1-8(2-4-9)7-15(18,19)14(21)22;/h1-6,20H,7,19H2,(H,21,22);/q;+1/p-1/t15-;/m1./s1. The van der Waals surface area contributed by atoms with Gasteiger partial charge in [0.15, 0.2) is 3.55 Å². The molecule has 0 aliphatic heterocycles. The quantitative estimate of drug-likeness (QED) is 0.209. The number of carboxylic acid groups (broad SMARTS) is 1. The van der Waals surface area contributed by atoms with Crippen LogP contribution >= 0.6 is 67.8 Å². The van der Waals surface area contributed by atoms with Crippen LogP contribution in [0.2, 0.25) is 0 Å². The van der Waals surface area contributed by atoms with Crippen molar-refractivity contribution in [3.05, 3.63) is 49.1 Å². The number of benzene rings is 2. The molecule has 9 heteroatoms. The minimum atomic E-state index is -1.34. The van der Waals surface area contributed by atoms with Crippen LogP contribution in [0.25, 0.3) is 0 Å². The summed E-state index contributed by atoms with van der Waals surface area (Å²) in [5, 5.41) is 20.6. The normalized spacial score (nSPS) is 12.8. The Morgan fingerprint density at radius 3 is 2.33 bits per heavy atom. The average Bonchev–Trinajstić information content (AvgIpc) is 2.46. The molecule has 0 aromatic heterocycles. The molecule has 2 rings (SSSR count). The Kier molecular flexibility index (Phi) is 9.04. The van der Waals surface area contributed by atoms with Gasteiger partial charge in [-0.1, -0.05) is 23.9 Å². The monoisotopic (exact) mass is 673 g/mol. The van der Waals surface area contributed by atoms with Gasteiger partial charge < -0.3 is 20.7 Å². The molecule has 0 heterocycles. The van der Waals surface area contributed by atoms with Gasteiger partial charge in [-0.15, -0.1) is 0 Å². The maximum atomic E-state index is 11.5. The van der Waals surface area contributed by atoms with Gasteiger partial charge in [-0.25, -0.2) is 4.79 Å². The topological polar surface area (TPSA) is 95.6 Å². The van der Waals surface area contributed by atoms with E-state index in [1.807, 2.05) is 22.6 Å². The van der Waals surface area contributed by atoms with E-state index in [9.17, 15) is 9.90 Å². The van der Waals surface area contributed by atoms with Crippen LogP contribution in [0.15, 0.2) is 36.4 Å². The van der Waals surface area contributed by atoms with Crippen LogP contribution in [-0.2, 0) is 11.2 Å². The Labute approximate surface area is 202 Å². The summed E-state index contributed by atoms with van der Waals surface area (Å²) in [6.45, 7) is 0. The van der Waals surface area contributed by atoms with E-state index < -0.39 is 9.51 Å². The fourth-order valence-corrected chi connectivity index (χ4v) is 3.19. The van der Waals surface area contributed by atoms with Gasteiger partial charge in [0.05, 0.1) is 3.57 Å². The van der Waals surface area contributed by atoms with Gasteiger partial charge in [-0.05, 0) is 91.5 Å². The Morgan fingerprint density at radius 2 is 1.79 bits per heavy atom. The molecular weight excluding hydrogens is 662 g/mol. The molecule has 0 unspecified atom stereocenters. The first-order chi connectivity index (χ1) is 10.7. The molecule has 0 bridgehead atoms. The number of hydrogen-bond donors (Lipinski definition) is 2. The Balaban J connectivity index is 0.00000288. The van der Waals surface area contributed by atoms with E-state index in [0.29, 0.717) is 15.1 Å². The second-order valence-corrected chi connectivity index (χ2v) is 9.05. The van der Waals surface area contributed by atoms with Crippen LogP contribution in [0.5, 0.6) is 17.2 Å². The molecule has 0 saturated carbocycles. The molecule has 5 nitrogen and oxygen atoms in total. The first-order valence-corrected chi connectivity index (χ1v) is 9.57. The minimum Gasteiger partial charge on any atom is -0.872 e. The Morgan fingerprint density at radius 1 is 1.21 bits per heavy atom. The molecular formula is C15H11I3NNaO4. The number of hydrogen-bond acceptors (Lipinski definition) is 4. The Hall–Kier alpha value is 0.660. The van der Waals surface area contributed by atoms with E-state index >= 15 is 0 Å². The molecule has 3 N–H and O–H groups in total. The fraction of sp³-hybridized carbons (Fsp3) is 0.133. The van der Waals surface area contributed by atoms with E-state index in [1.54, 1.807) is 52.9 Å². The molecule has 0 spiro atoms. The maximum absolute atomic E-state index is 11.5. The maximum Gasteiger partial charge on any atom is 1.00 e. The minimum absolute atomic E-state index is 0. The molecule has 0 radical (unpaired) electrons. The average molecular weight is 673 g/mol. The van der Waals surface area contributed by atoms with Crippen molar-refractivity contribution in [3.63, 3.8) is 0 Å². The number of rotatable bonds is 5. The molecule has 0 saturated heterocycles. The van der Waals surface area contributed by atoms with Crippen molar-refractivity contribution in [2.75, 3.05) is 0 Å². The third-order valence-corrected chi connectivity index (χ3v) is 5.48. The molecule has 1 atom stereocenters. The van der Waals surface area contributed by atoms with Gasteiger partial charge in [-0.2, -0.15) is 0 Å². The third-order valence-electron chi connectivity index (χ3n) is 2.95. The summed E-state index contributed by atoms with van der Waals surface area (Å²) in [5.74, 6) is 0.121. The summed E-state index contributed by atoms with van der Waals surface area (Å²) in [4.78, 5) is 11.0. The summed E-state index contributed by atoms with van der Waals surface area (Å²) in [6, 6.07) is 10.3. The van der Waals surface area contributed by atoms with Crippen LogP contribution in [0.3, 0.4) is 0 Å². The van der Waals surface area contributed by atoms with E-state index in [1.165, 1.54) is 6.07 Å². The van der Waals surface area contributed by atoms with E-state index in [2.05, 4.69) is 22.6 Å². The van der Waals surface area contributed by atoms with Gasteiger partial charge >= 0.3 is 35.5 Å². The SMILES string of the molecule is N[C@](I)(Cc1ccc(Oc2cc(I)c([O-])cc2I)cc1)C(=O)O.[Na+]. The van der Waals surface area contributed by atoms with Crippen molar-refractivity contribution in [2.24, 2.45) is 5.73 Å². The van der Waals surface area contributed by atoms with Gasteiger partial charge in [-0.3, -0.25) is 0 Å². The number of carbonyl (C=O) groups is 1. The zero-order valence-corrected chi connectivity index (χ0v) is 21.0. The number of aliphatic carboxylic acids is 1. The number of carboxylic acids is 1. The summed E-state index contributed by atoms with van der Waals surface area (Å²) in [5.41, 5.74) is 6.53. The van der Waals surface area contributed by atoms with Gasteiger partial charge in [0.25, 0.3) is 0 Å². The predicted octanol–water partition coefficient (Wildman–Crippen LogP) is 0.483.